The molecule has 0 amide bonds. The number of hydrogen-bond donors (Lipinski definition) is 2. The van der Waals surface area contributed by atoms with Gasteiger partial charge in [-0.15, -0.1) is 0 Å². The van der Waals surface area contributed by atoms with Gasteiger partial charge in [-0.25, -0.2) is 4.39 Å². The molecule has 1 aliphatic heterocycles. The molecule has 2 rings (SSSR count). The van der Waals surface area contributed by atoms with Gasteiger partial charge in [-0.2, -0.15) is 0 Å². The SMILES string of the molecule is CN(C)c1ccc(CNC2=NCCCN2)cc1F. The third-order valence-corrected chi connectivity index (χ3v) is 2.85. The molecule has 0 spiro atoms. The van der Waals surface area contributed by atoms with Crippen molar-refractivity contribution in [1.29, 1.82) is 0 Å². The topological polar surface area (TPSA) is 39.7 Å². The Labute approximate surface area is 107 Å². The van der Waals surface area contributed by atoms with Gasteiger partial charge in [0, 0.05) is 33.7 Å². The van der Waals surface area contributed by atoms with Crippen LogP contribution in [0.5, 0.6) is 0 Å². The molecule has 1 aliphatic rings. The van der Waals surface area contributed by atoms with Crippen molar-refractivity contribution in [1.82, 2.24) is 10.6 Å². The number of aliphatic imine (C=N–C) groups is 1. The maximum atomic E-state index is 13.8. The van der Waals surface area contributed by atoms with Crippen LogP contribution in [0.2, 0.25) is 0 Å². The summed E-state index contributed by atoms with van der Waals surface area (Å²) >= 11 is 0. The van der Waals surface area contributed by atoms with Gasteiger partial charge in [0.05, 0.1) is 5.69 Å². The molecule has 0 saturated carbocycles. The maximum absolute atomic E-state index is 13.8. The Bertz CT molecular complexity index is 443. The van der Waals surface area contributed by atoms with Gasteiger partial charge < -0.3 is 15.5 Å². The van der Waals surface area contributed by atoms with Crippen LogP contribution in [0.3, 0.4) is 0 Å². The van der Waals surface area contributed by atoms with E-state index in [1.54, 1.807) is 17.0 Å². The van der Waals surface area contributed by atoms with Crippen molar-refractivity contribution < 1.29 is 4.39 Å². The molecule has 0 atom stereocenters. The van der Waals surface area contributed by atoms with Gasteiger partial charge in [0.25, 0.3) is 0 Å². The molecule has 2 N–H and O–H groups in total. The van der Waals surface area contributed by atoms with Crippen LogP contribution in [0.4, 0.5) is 10.1 Å². The minimum atomic E-state index is -0.196. The number of anilines is 1. The number of nitrogens with one attached hydrogen (secondary N) is 2. The van der Waals surface area contributed by atoms with Crippen LogP contribution in [0.15, 0.2) is 23.2 Å². The summed E-state index contributed by atoms with van der Waals surface area (Å²) in [5.74, 6) is 0.608. The zero-order valence-corrected chi connectivity index (χ0v) is 10.8. The van der Waals surface area contributed by atoms with Gasteiger partial charge in [0.15, 0.2) is 5.96 Å². The highest BCUT2D eigenvalue weighted by atomic mass is 19.1. The molecule has 0 unspecified atom stereocenters. The molecular formula is C13H19FN4. The molecular weight excluding hydrogens is 231 g/mol. The first-order valence-electron chi connectivity index (χ1n) is 6.15. The van der Waals surface area contributed by atoms with E-state index in [0.29, 0.717) is 12.2 Å². The predicted molar refractivity (Wildman–Crippen MR) is 72.5 cm³/mol. The summed E-state index contributed by atoms with van der Waals surface area (Å²) in [6, 6.07) is 5.28. The number of halogens is 1. The van der Waals surface area contributed by atoms with E-state index in [2.05, 4.69) is 15.6 Å². The average molecular weight is 250 g/mol. The van der Waals surface area contributed by atoms with E-state index in [9.17, 15) is 4.39 Å². The summed E-state index contributed by atoms with van der Waals surface area (Å²) in [6.45, 7) is 2.37. The Morgan fingerprint density at radius 2 is 2.28 bits per heavy atom. The second kappa shape index (κ2) is 5.71. The standard InChI is InChI=1S/C13H19FN4/c1-18(2)12-5-4-10(8-11(12)14)9-17-13-15-6-3-7-16-13/h4-5,8H,3,6-7,9H2,1-2H3,(H2,15,16,17). The van der Waals surface area contributed by atoms with E-state index in [-0.39, 0.29) is 5.82 Å². The fraction of sp³-hybridized carbons (Fsp3) is 0.462. The van der Waals surface area contributed by atoms with Crippen LogP contribution in [0.1, 0.15) is 12.0 Å². The van der Waals surface area contributed by atoms with Gasteiger partial charge in [0.1, 0.15) is 5.82 Å². The lowest BCUT2D eigenvalue weighted by atomic mass is 10.2. The monoisotopic (exact) mass is 250 g/mol. The van der Waals surface area contributed by atoms with Gasteiger partial charge in [-0.3, -0.25) is 4.99 Å². The molecule has 0 saturated heterocycles. The van der Waals surface area contributed by atoms with Crippen LogP contribution in [-0.2, 0) is 6.54 Å². The molecule has 5 heteroatoms. The number of guanidine groups is 1. The molecule has 0 aromatic heterocycles. The smallest absolute Gasteiger partial charge is 0.191 e. The van der Waals surface area contributed by atoms with Crippen LogP contribution < -0.4 is 15.5 Å². The Kier molecular flexibility index (Phi) is 4.02. The Morgan fingerprint density at radius 1 is 1.44 bits per heavy atom. The van der Waals surface area contributed by atoms with Crippen molar-refractivity contribution >= 4 is 11.6 Å². The number of rotatable bonds is 3. The highest BCUT2D eigenvalue weighted by Gasteiger charge is 2.07. The maximum Gasteiger partial charge on any atom is 0.191 e. The summed E-state index contributed by atoms with van der Waals surface area (Å²) < 4.78 is 13.8. The van der Waals surface area contributed by atoms with Crippen molar-refractivity contribution in [2.45, 2.75) is 13.0 Å². The fourth-order valence-electron chi connectivity index (χ4n) is 1.86. The quantitative estimate of drug-likeness (QED) is 0.850. The van der Waals surface area contributed by atoms with E-state index in [0.717, 1.165) is 31.0 Å². The van der Waals surface area contributed by atoms with E-state index in [1.165, 1.54) is 0 Å². The molecule has 98 valence electrons. The van der Waals surface area contributed by atoms with Crippen molar-refractivity contribution in [3.8, 4) is 0 Å². The molecule has 0 aliphatic carbocycles. The molecule has 1 aromatic carbocycles. The lowest BCUT2D eigenvalue weighted by Crippen LogP contribution is -2.40. The van der Waals surface area contributed by atoms with Crippen LogP contribution in [0.25, 0.3) is 0 Å². The molecule has 0 radical (unpaired) electrons. The zero-order chi connectivity index (χ0) is 13.0. The fourth-order valence-corrected chi connectivity index (χ4v) is 1.86. The van der Waals surface area contributed by atoms with Gasteiger partial charge in [-0.05, 0) is 24.1 Å². The molecule has 0 fully saturated rings. The van der Waals surface area contributed by atoms with Gasteiger partial charge >= 0.3 is 0 Å². The Morgan fingerprint density at radius 3 is 2.89 bits per heavy atom. The van der Waals surface area contributed by atoms with E-state index < -0.39 is 0 Å². The number of hydrogen-bond acceptors (Lipinski definition) is 4. The summed E-state index contributed by atoms with van der Waals surface area (Å²) in [4.78, 5) is 6.07. The zero-order valence-electron chi connectivity index (χ0n) is 10.8. The third-order valence-electron chi connectivity index (χ3n) is 2.85. The number of nitrogens with zero attached hydrogens (tertiary/aromatic N) is 2. The van der Waals surface area contributed by atoms with E-state index in [4.69, 9.17) is 0 Å². The first-order valence-corrected chi connectivity index (χ1v) is 6.15. The minimum absolute atomic E-state index is 0.196. The second-order valence-corrected chi connectivity index (χ2v) is 4.54. The molecule has 1 aromatic rings. The first kappa shape index (κ1) is 12.7. The van der Waals surface area contributed by atoms with Crippen molar-refractivity contribution in [2.24, 2.45) is 4.99 Å². The summed E-state index contributed by atoms with van der Waals surface area (Å²) in [7, 11) is 3.66. The first-order chi connectivity index (χ1) is 8.66. The normalized spacial score (nSPS) is 14.7. The molecule has 1 heterocycles. The minimum Gasteiger partial charge on any atom is -0.375 e. The van der Waals surface area contributed by atoms with Gasteiger partial charge in [0.2, 0.25) is 0 Å². The molecule has 18 heavy (non-hydrogen) atoms. The lowest BCUT2D eigenvalue weighted by molar-refractivity contribution is 0.622. The van der Waals surface area contributed by atoms with Gasteiger partial charge in [-0.1, -0.05) is 6.07 Å². The molecule has 4 nitrogen and oxygen atoms in total. The van der Waals surface area contributed by atoms with Crippen molar-refractivity contribution in [2.75, 3.05) is 32.1 Å². The summed E-state index contributed by atoms with van der Waals surface area (Å²) in [6.07, 6.45) is 1.07. The second-order valence-electron chi connectivity index (χ2n) is 4.54. The van der Waals surface area contributed by atoms with Crippen molar-refractivity contribution in [3.63, 3.8) is 0 Å². The lowest BCUT2D eigenvalue weighted by Gasteiger charge is -2.17. The highest BCUT2D eigenvalue weighted by Crippen LogP contribution is 2.18. The highest BCUT2D eigenvalue weighted by molar-refractivity contribution is 5.80. The van der Waals surface area contributed by atoms with E-state index >= 15 is 0 Å². The van der Waals surface area contributed by atoms with Crippen LogP contribution >= 0.6 is 0 Å². The predicted octanol–water partition coefficient (Wildman–Crippen LogP) is 1.33. The summed E-state index contributed by atoms with van der Waals surface area (Å²) in [5, 5.41) is 6.34. The van der Waals surface area contributed by atoms with Crippen LogP contribution in [-0.4, -0.2) is 33.1 Å². The third kappa shape index (κ3) is 3.12. The average Bonchev–Trinajstić information content (AvgIpc) is 2.37. The summed E-state index contributed by atoms with van der Waals surface area (Å²) in [5.41, 5.74) is 1.51. The van der Waals surface area contributed by atoms with Crippen LogP contribution in [0, 0.1) is 5.82 Å². The van der Waals surface area contributed by atoms with Crippen molar-refractivity contribution in [3.05, 3.63) is 29.6 Å². The Hall–Kier alpha value is -1.78. The number of benzene rings is 1. The largest absolute Gasteiger partial charge is 0.375 e. The van der Waals surface area contributed by atoms with E-state index in [1.807, 2.05) is 20.2 Å². The molecule has 0 bridgehead atoms. The Balaban J connectivity index is 1.97.